The van der Waals surface area contributed by atoms with E-state index in [0.717, 1.165) is 4.90 Å². The third-order valence-electron chi connectivity index (χ3n) is 2.71. The number of carbonyl (C=O) groups excluding carboxylic acids is 1. The largest absolute Gasteiger partial charge is 0.393 e. The normalized spacial score (nSPS) is 26.2. The summed E-state index contributed by atoms with van der Waals surface area (Å²) in [5, 5.41) is 0. The highest BCUT2D eigenvalue weighted by Crippen LogP contribution is 2.37. The highest BCUT2D eigenvalue weighted by Gasteiger charge is 2.50. The van der Waals surface area contributed by atoms with E-state index in [9.17, 15) is 18.0 Å². The van der Waals surface area contributed by atoms with E-state index >= 15 is 0 Å². The van der Waals surface area contributed by atoms with Gasteiger partial charge in [-0.15, -0.1) is 11.6 Å². The lowest BCUT2D eigenvalue weighted by Crippen LogP contribution is -2.33. The van der Waals surface area contributed by atoms with Crippen LogP contribution in [0, 0.1) is 11.8 Å². The quantitative estimate of drug-likeness (QED) is 0.719. The standard InChI is InChI=1S/C9H13ClF3NO2/c1-16-5-6-3-14(8(15)2-10)4-7(6)9(11,12)13/h6-7H,2-5H2,1H3/t6-,7-/m0/s1. The number of carbonyl (C=O) groups is 1. The summed E-state index contributed by atoms with van der Waals surface area (Å²) in [6.45, 7) is -0.261. The molecule has 0 radical (unpaired) electrons. The number of methoxy groups -OCH3 is 1. The monoisotopic (exact) mass is 259 g/mol. The van der Waals surface area contributed by atoms with Crippen molar-refractivity contribution in [1.29, 1.82) is 0 Å². The van der Waals surface area contributed by atoms with Crippen molar-refractivity contribution in [3.8, 4) is 0 Å². The molecule has 1 aliphatic heterocycles. The van der Waals surface area contributed by atoms with E-state index in [4.69, 9.17) is 16.3 Å². The van der Waals surface area contributed by atoms with Crippen LogP contribution in [-0.4, -0.2) is 49.7 Å². The van der Waals surface area contributed by atoms with Crippen molar-refractivity contribution in [2.24, 2.45) is 11.8 Å². The number of hydrogen-bond donors (Lipinski definition) is 0. The van der Waals surface area contributed by atoms with Gasteiger partial charge in [0, 0.05) is 26.1 Å². The number of halogens is 4. The van der Waals surface area contributed by atoms with Crippen LogP contribution in [0.15, 0.2) is 0 Å². The van der Waals surface area contributed by atoms with Crippen molar-refractivity contribution >= 4 is 17.5 Å². The third-order valence-corrected chi connectivity index (χ3v) is 2.94. The smallest absolute Gasteiger partial charge is 0.384 e. The molecule has 2 atom stereocenters. The van der Waals surface area contributed by atoms with E-state index < -0.39 is 23.9 Å². The van der Waals surface area contributed by atoms with E-state index in [1.165, 1.54) is 7.11 Å². The van der Waals surface area contributed by atoms with Crippen LogP contribution in [0.2, 0.25) is 0 Å². The van der Waals surface area contributed by atoms with Gasteiger partial charge < -0.3 is 9.64 Å². The molecule has 1 heterocycles. The fourth-order valence-corrected chi connectivity index (χ4v) is 2.08. The first-order valence-corrected chi connectivity index (χ1v) is 5.33. The lowest BCUT2D eigenvalue weighted by Gasteiger charge is -2.19. The molecule has 16 heavy (non-hydrogen) atoms. The first-order valence-electron chi connectivity index (χ1n) is 4.79. The maximum Gasteiger partial charge on any atom is 0.393 e. The maximum atomic E-state index is 12.6. The Morgan fingerprint density at radius 1 is 1.50 bits per heavy atom. The van der Waals surface area contributed by atoms with Crippen LogP contribution in [0.4, 0.5) is 13.2 Å². The number of rotatable bonds is 3. The fraction of sp³-hybridized carbons (Fsp3) is 0.889. The minimum atomic E-state index is -4.30. The Morgan fingerprint density at radius 3 is 2.56 bits per heavy atom. The predicted octanol–water partition coefficient (Wildman–Crippen LogP) is 1.51. The van der Waals surface area contributed by atoms with Crippen LogP contribution < -0.4 is 0 Å². The second-order valence-corrected chi connectivity index (χ2v) is 4.06. The molecule has 7 heteroatoms. The van der Waals surface area contributed by atoms with E-state index in [2.05, 4.69) is 0 Å². The highest BCUT2D eigenvalue weighted by molar-refractivity contribution is 6.27. The van der Waals surface area contributed by atoms with Crippen LogP contribution in [0.5, 0.6) is 0 Å². The molecule has 0 aromatic heterocycles. The molecular weight excluding hydrogens is 247 g/mol. The first-order chi connectivity index (χ1) is 7.40. The molecule has 1 amide bonds. The van der Waals surface area contributed by atoms with Crippen LogP contribution in [0.25, 0.3) is 0 Å². The molecule has 0 saturated carbocycles. The Kier molecular flexibility index (Phi) is 4.43. The second-order valence-electron chi connectivity index (χ2n) is 3.80. The van der Waals surface area contributed by atoms with Crippen LogP contribution in [0.1, 0.15) is 0 Å². The lowest BCUT2D eigenvalue weighted by molar-refractivity contribution is -0.183. The Morgan fingerprint density at radius 2 is 2.12 bits per heavy atom. The molecule has 0 unspecified atom stereocenters. The van der Waals surface area contributed by atoms with Gasteiger partial charge in [0.05, 0.1) is 12.5 Å². The molecule has 1 rings (SSSR count). The van der Waals surface area contributed by atoms with Crippen LogP contribution in [0.3, 0.4) is 0 Å². The van der Waals surface area contributed by atoms with Gasteiger partial charge in [-0.25, -0.2) is 0 Å². The maximum absolute atomic E-state index is 12.6. The molecule has 1 fully saturated rings. The number of hydrogen-bond acceptors (Lipinski definition) is 2. The summed E-state index contributed by atoms with van der Waals surface area (Å²) in [6, 6.07) is 0. The summed E-state index contributed by atoms with van der Waals surface area (Å²) in [5.41, 5.74) is 0. The van der Waals surface area contributed by atoms with E-state index in [1.54, 1.807) is 0 Å². The SMILES string of the molecule is COC[C@@H]1CN(C(=O)CCl)C[C@@H]1C(F)(F)F. The van der Waals surface area contributed by atoms with Crippen LogP contribution in [-0.2, 0) is 9.53 Å². The summed E-state index contributed by atoms with van der Waals surface area (Å²) in [6.07, 6.45) is -4.30. The van der Waals surface area contributed by atoms with Gasteiger partial charge in [-0.1, -0.05) is 0 Å². The second kappa shape index (κ2) is 5.23. The minimum Gasteiger partial charge on any atom is -0.384 e. The van der Waals surface area contributed by atoms with Crippen molar-refractivity contribution < 1.29 is 22.7 Å². The van der Waals surface area contributed by atoms with Crippen molar-refractivity contribution in [2.75, 3.05) is 32.7 Å². The van der Waals surface area contributed by atoms with Crippen LogP contribution >= 0.6 is 11.6 Å². The van der Waals surface area contributed by atoms with Crippen molar-refractivity contribution in [3.05, 3.63) is 0 Å². The zero-order chi connectivity index (χ0) is 12.3. The van der Waals surface area contributed by atoms with Gasteiger partial charge in [0.15, 0.2) is 0 Å². The van der Waals surface area contributed by atoms with Crippen molar-refractivity contribution in [3.63, 3.8) is 0 Å². The molecular formula is C9H13ClF3NO2. The zero-order valence-corrected chi connectivity index (χ0v) is 9.51. The summed E-state index contributed by atoms with van der Waals surface area (Å²) in [4.78, 5) is 12.4. The van der Waals surface area contributed by atoms with E-state index in [-0.39, 0.29) is 25.6 Å². The average molecular weight is 260 g/mol. The van der Waals surface area contributed by atoms with Gasteiger partial charge in [-0.05, 0) is 0 Å². The van der Waals surface area contributed by atoms with Gasteiger partial charge in [0.1, 0.15) is 5.88 Å². The molecule has 0 spiro atoms. The number of alkyl halides is 4. The topological polar surface area (TPSA) is 29.5 Å². The average Bonchev–Trinajstić information content (AvgIpc) is 2.61. The Balaban J connectivity index is 2.72. The molecule has 1 saturated heterocycles. The Bertz CT molecular complexity index is 260. The van der Waals surface area contributed by atoms with Gasteiger partial charge in [0.2, 0.25) is 5.91 Å². The lowest BCUT2D eigenvalue weighted by atomic mass is 9.96. The molecule has 0 aromatic rings. The van der Waals surface area contributed by atoms with Gasteiger partial charge in [0.25, 0.3) is 0 Å². The number of nitrogens with zero attached hydrogens (tertiary/aromatic N) is 1. The summed E-state index contributed by atoms with van der Waals surface area (Å²) in [7, 11) is 1.35. The first kappa shape index (κ1) is 13.6. The van der Waals surface area contributed by atoms with Gasteiger partial charge >= 0.3 is 6.18 Å². The summed E-state index contributed by atoms with van der Waals surface area (Å²) in [5.74, 6) is -2.96. The molecule has 0 aromatic carbocycles. The molecule has 3 nitrogen and oxygen atoms in total. The van der Waals surface area contributed by atoms with Crippen molar-refractivity contribution in [2.45, 2.75) is 6.18 Å². The highest BCUT2D eigenvalue weighted by atomic mass is 35.5. The molecule has 0 N–H and O–H groups in total. The minimum absolute atomic E-state index is 0.00373. The van der Waals surface area contributed by atoms with Gasteiger partial charge in [-0.3, -0.25) is 4.79 Å². The molecule has 1 aliphatic rings. The fourth-order valence-electron chi connectivity index (χ4n) is 1.91. The number of likely N-dealkylation sites (tertiary alicyclic amines) is 1. The Labute approximate surface area is 96.5 Å². The molecule has 0 bridgehead atoms. The number of amides is 1. The summed E-state index contributed by atoms with van der Waals surface area (Å²) < 4.78 is 42.7. The van der Waals surface area contributed by atoms with E-state index in [1.807, 2.05) is 0 Å². The summed E-state index contributed by atoms with van der Waals surface area (Å²) >= 11 is 5.32. The van der Waals surface area contributed by atoms with E-state index in [0.29, 0.717) is 0 Å². The molecule has 94 valence electrons. The Hall–Kier alpha value is -0.490. The van der Waals surface area contributed by atoms with Gasteiger partial charge in [-0.2, -0.15) is 13.2 Å². The predicted molar refractivity (Wildman–Crippen MR) is 52.2 cm³/mol. The zero-order valence-electron chi connectivity index (χ0n) is 8.76. The number of ether oxygens (including phenoxy) is 1. The molecule has 0 aliphatic carbocycles. The third kappa shape index (κ3) is 3.01. The van der Waals surface area contributed by atoms with Crippen molar-refractivity contribution in [1.82, 2.24) is 4.90 Å².